The van der Waals surface area contributed by atoms with E-state index in [-0.39, 0.29) is 47.5 Å². The van der Waals surface area contributed by atoms with Crippen molar-refractivity contribution >= 4 is 29.0 Å². The molecule has 0 saturated heterocycles. The molecule has 0 saturated carbocycles. The Balaban J connectivity index is 2.06. The number of nitrogen functional groups attached to an aromatic ring is 1. The van der Waals surface area contributed by atoms with Crippen molar-refractivity contribution in [2.24, 2.45) is 5.92 Å². The van der Waals surface area contributed by atoms with Gasteiger partial charge in [-0.15, -0.1) is 0 Å². The molecule has 3 rings (SSSR count). The van der Waals surface area contributed by atoms with Crippen molar-refractivity contribution < 1.29 is 9.18 Å². The quantitative estimate of drug-likeness (QED) is 0.523. The number of anilines is 2. The van der Waals surface area contributed by atoms with Crippen LogP contribution in [0.25, 0.3) is 0 Å². The first-order chi connectivity index (χ1) is 15.7. The van der Waals surface area contributed by atoms with Crippen LogP contribution in [0, 0.1) is 11.7 Å². The Morgan fingerprint density at radius 3 is 2.48 bits per heavy atom. The van der Waals surface area contributed by atoms with E-state index in [1.807, 2.05) is 44.2 Å². The summed E-state index contributed by atoms with van der Waals surface area (Å²) < 4.78 is 15.5. The molecule has 33 heavy (non-hydrogen) atoms. The third-order valence-electron chi connectivity index (χ3n) is 5.29. The summed E-state index contributed by atoms with van der Waals surface area (Å²) in [7, 11) is 0. The van der Waals surface area contributed by atoms with E-state index in [4.69, 9.17) is 17.3 Å². The molecule has 1 aromatic heterocycles. The molecule has 1 amide bonds. The Morgan fingerprint density at radius 1 is 1.15 bits per heavy atom. The molecule has 0 atom stereocenters. The molecule has 0 radical (unpaired) electrons. The van der Waals surface area contributed by atoms with E-state index in [0.717, 1.165) is 5.56 Å². The van der Waals surface area contributed by atoms with Crippen molar-refractivity contribution in [1.29, 1.82) is 0 Å². The molecule has 0 fully saturated rings. The zero-order chi connectivity index (χ0) is 24.1. The number of hydrogen-bond acceptors (Lipinski definition) is 4. The molecule has 0 aliphatic heterocycles. The summed E-state index contributed by atoms with van der Waals surface area (Å²) in [5.74, 6) is -1.09. The fourth-order valence-corrected chi connectivity index (χ4v) is 3.69. The molecule has 0 bridgehead atoms. The van der Waals surface area contributed by atoms with E-state index in [0.29, 0.717) is 6.42 Å². The molecular weight excluding hydrogens is 447 g/mol. The summed E-state index contributed by atoms with van der Waals surface area (Å²) in [6.07, 6.45) is 0.202. The number of aromatic amines is 1. The number of carbonyl (C=O) groups is 1. The van der Waals surface area contributed by atoms with Gasteiger partial charge in [-0.25, -0.2) is 9.18 Å². The third kappa shape index (κ3) is 5.70. The number of halogens is 2. The van der Waals surface area contributed by atoms with Crippen molar-refractivity contribution in [1.82, 2.24) is 9.55 Å². The highest BCUT2D eigenvalue weighted by molar-refractivity contribution is 6.31. The fourth-order valence-electron chi connectivity index (χ4n) is 3.46. The lowest BCUT2D eigenvalue weighted by atomic mass is 10.1. The lowest BCUT2D eigenvalue weighted by Gasteiger charge is -2.25. The maximum absolute atomic E-state index is 14.3. The molecule has 0 unspecified atom stereocenters. The van der Waals surface area contributed by atoms with Crippen molar-refractivity contribution in [3.8, 4) is 0 Å². The predicted octanol–water partition coefficient (Wildman–Crippen LogP) is 3.58. The lowest BCUT2D eigenvalue weighted by Crippen LogP contribution is -2.42. The minimum Gasteiger partial charge on any atom is -0.383 e. The predicted molar refractivity (Wildman–Crippen MR) is 128 cm³/mol. The van der Waals surface area contributed by atoms with Crippen LogP contribution in [0.15, 0.2) is 58.1 Å². The van der Waals surface area contributed by atoms with Gasteiger partial charge in [0.25, 0.3) is 5.56 Å². The zero-order valence-electron chi connectivity index (χ0n) is 18.5. The first-order valence-electron chi connectivity index (χ1n) is 10.6. The van der Waals surface area contributed by atoms with E-state index in [1.54, 1.807) is 0 Å². The SMILES string of the molecule is CC(C)CCN(C(=O)Cc1c(F)cccc1Cl)c1c(N)n(Cc2ccccc2)c(=O)[nH]c1=O. The minimum absolute atomic E-state index is 0.0336. The second kappa shape index (κ2) is 10.5. The summed E-state index contributed by atoms with van der Waals surface area (Å²) in [6, 6.07) is 13.3. The molecular formula is C24H26ClFN4O3. The molecule has 174 valence electrons. The smallest absolute Gasteiger partial charge is 0.330 e. The van der Waals surface area contributed by atoms with Gasteiger partial charge in [-0.05, 0) is 30.0 Å². The maximum atomic E-state index is 14.3. The summed E-state index contributed by atoms with van der Waals surface area (Å²) in [6.45, 7) is 4.22. The molecule has 3 aromatic rings. The number of amides is 1. The number of aromatic nitrogens is 2. The van der Waals surface area contributed by atoms with Gasteiger partial charge >= 0.3 is 5.69 Å². The standard InChI is InChI=1S/C24H26ClFN4O3/c1-15(2)11-12-29(20(31)13-17-18(25)9-6-10-19(17)26)21-22(27)30(24(33)28-23(21)32)14-16-7-4-3-5-8-16/h3-10,15H,11-14,27H2,1-2H3,(H,28,32,33). The van der Waals surface area contributed by atoms with Crippen LogP contribution in [-0.2, 0) is 17.8 Å². The van der Waals surface area contributed by atoms with Gasteiger partial charge in [0.15, 0.2) is 5.69 Å². The Morgan fingerprint density at radius 2 is 1.85 bits per heavy atom. The highest BCUT2D eigenvalue weighted by Gasteiger charge is 2.26. The Labute approximate surface area is 195 Å². The molecule has 9 heteroatoms. The largest absolute Gasteiger partial charge is 0.383 e. The number of carbonyl (C=O) groups excluding carboxylic acids is 1. The van der Waals surface area contributed by atoms with Crippen LogP contribution in [0.2, 0.25) is 5.02 Å². The second-order valence-electron chi connectivity index (χ2n) is 8.17. The Bertz CT molecular complexity index is 1230. The number of rotatable bonds is 8. The third-order valence-corrected chi connectivity index (χ3v) is 5.64. The first kappa shape index (κ1) is 24.3. The van der Waals surface area contributed by atoms with Crippen LogP contribution < -0.4 is 21.9 Å². The zero-order valence-corrected chi connectivity index (χ0v) is 19.2. The molecule has 0 aliphatic carbocycles. The minimum atomic E-state index is -0.779. The molecule has 3 N–H and O–H groups in total. The second-order valence-corrected chi connectivity index (χ2v) is 8.58. The van der Waals surface area contributed by atoms with E-state index in [1.165, 1.54) is 27.7 Å². The summed E-state index contributed by atoms with van der Waals surface area (Å²) in [4.78, 5) is 42.1. The van der Waals surface area contributed by atoms with Gasteiger partial charge in [-0.3, -0.25) is 19.1 Å². The van der Waals surface area contributed by atoms with Gasteiger partial charge < -0.3 is 10.6 Å². The Hall–Kier alpha value is -3.39. The van der Waals surface area contributed by atoms with Crippen molar-refractivity contribution in [2.45, 2.75) is 33.2 Å². The number of hydrogen-bond donors (Lipinski definition) is 2. The van der Waals surface area contributed by atoms with Crippen LogP contribution in [0.5, 0.6) is 0 Å². The van der Waals surface area contributed by atoms with Gasteiger partial charge in [-0.1, -0.05) is 61.8 Å². The number of benzene rings is 2. The van der Waals surface area contributed by atoms with E-state index in [2.05, 4.69) is 4.98 Å². The number of nitrogens with zero attached hydrogens (tertiary/aromatic N) is 2. The van der Waals surface area contributed by atoms with E-state index >= 15 is 0 Å². The van der Waals surface area contributed by atoms with Gasteiger partial charge in [0.2, 0.25) is 5.91 Å². The maximum Gasteiger partial charge on any atom is 0.330 e. The number of H-pyrrole nitrogens is 1. The highest BCUT2D eigenvalue weighted by Crippen LogP contribution is 2.24. The lowest BCUT2D eigenvalue weighted by molar-refractivity contribution is -0.118. The molecule has 0 spiro atoms. The van der Waals surface area contributed by atoms with Crippen LogP contribution in [0.1, 0.15) is 31.4 Å². The Kier molecular flexibility index (Phi) is 7.71. The van der Waals surface area contributed by atoms with E-state index in [9.17, 15) is 18.8 Å². The average molecular weight is 473 g/mol. The van der Waals surface area contributed by atoms with Crippen LogP contribution in [0.3, 0.4) is 0 Å². The van der Waals surface area contributed by atoms with Crippen molar-refractivity contribution in [3.05, 3.63) is 91.3 Å². The summed E-state index contributed by atoms with van der Waals surface area (Å²) in [5, 5.41) is 0.114. The normalized spacial score (nSPS) is 11.1. The van der Waals surface area contributed by atoms with Crippen LogP contribution in [-0.4, -0.2) is 22.0 Å². The highest BCUT2D eigenvalue weighted by atomic mass is 35.5. The molecule has 1 heterocycles. The number of nitrogens with one attached hydrogen (secondary N) is 1. The van der Waals surface area contributed by atoms with Gasteiger partial charge in [0.05, 0.1) is 13.0 Å². The van der Waals surface area contributed by atoms with Crippen molar-refractivity contribution in [2.75, 3.05) is 17.2 Å². The molecule has 0 aliphatic rings. The molecule has 7 nitrogen and oxygen atoms in total. The number of nitrogens with two attached hydrogens (primary N) is 1. The monoisotopic (exact) mass is 472 g/mol. The topological polar surface area (TPSA) is 101 Å². The van der Waals surface area contributed by atoms with Crippen LogP contribution in [0.4, 0.5) is 15.9 Å². The van der Waals surface area contributed by atoms with Crippen LogP contribution >= 0.6 is 11.6 Å². The van der Waals surface area contributed by atoms with Gasteiger partial charge in [0.1, 0.15) is 11.6 Å². The molecule has 2 aromatic carbocycles. The fraction of sp³-hybridized carbons (Fsp3) is 0.292. The first-order valence-corrected chi connectivity index (χ1v) is 11.0. The van der Waals surface area contributed by atoms with E-state index < -0.39 is 23.0 Å². The average Bonchev–Trinajstić information content (AvgIpc) is 2.76. The summed E-state index contributed by atoms with van der Waals surface area (Å²) >= 11 is 6.10. The summed E-state index contributed by atoms with van der Waals surface area (Å²) in [5.41, 5.74) is 5.51. The van der Waals surface area contributed by atoms with Gasteiger partial charge in [0, 0.05) is 17.1 Å². The van der Waals surface area contributed by atoms with Crippen molar-refractivity contribution in [3.63, 3.8) is 0 Å². The van der Waals surface area contributed by atoms with Gasteiger partial charge in [-0.2, -0.15) is 0 Å².